The van der Waals surface area contributed by atoms with E-state index >= 15 is 0 Å². The average molecular weight is 531 g/mol. The topological polar surface area (TPSA) is 83.8 Å². The Morgan fingerprint density at radius 1 is 1.09 bits per heavy atom. The van der Waals surface area contributed by atoms with Crippen LogP contribution in [0.5, 0.6) is 0 Å². The summed E-state index contributed by atoms with van der Waals surface area (Å²) in [6.45, 7) is 7.25. The zero-order valence-electron chi connectivity index (χ0n) is 19.3. The molecule has 0 saturated carbocycles. The van der Waals surface area contributed by atoms with Gasteiger partial charge in [-0.25, -0.2) is 13.8 Å². The Morgan fingerprint density at radius 3 is 2.27 bits per heavy atom. The van der Waals surface area contributed by atoms with Crippen LogP contribution in [-0.4, -0.2) is 37.9 Å². The van der Waals surface area contributed by atoms with E-state index in [4.69, 9.17) is 0 Å². The third-order valence-corrected chi connectivity index (χ3v) is 6.97. The molecule has 0 atom stereocenters. The summed E-state index contributed by atoms with van der Waals surface area (Å²) >= 11 is 3.45. The van der Waals surface area contributed by atoms with Gasteiger partial charge < -0.3 is 4.57 Å². The summed E-state index contributed by atoms with van der Waals surface area (Å²) in [5.41, 5.74) is 8.39. The van der Waals surface area contributed by atoms with Crippen molar-refractivity contribution in [2.45, 2.75) is 27.7 Å². The molecule has 0 aliphatic rings. The van der Waals surface area contributed by atoms with Crippen LogP contribution in [0.1, 0.15) is 28.1 Å². The van der Waals surface area contributed by atoms with Crippen LogP contribution in [0.25, 0.3) is 5.69 Å². The van der Waals surface area contributed by atoms with Crippen molar-refractivity contribution in [2.24, 2.45) is 5.10 Å². The standard InChI is InChI=1S/C24H27BrN4O3S/c1-16-7-6-8-17(2)24(16)28(33(5,31)32)15-23(30)27-26-14-20-13-18(3)29(19(20)4)22-11-9-21(25)10-12-22/h6-14H,15H2,1-5H3,(H,27,30)/b26-14-. The maximum atomic E-state index is 12.6. The largest absolute Gasteiger partial charge is 0.318 e. The minimum Gasteiger partial charge on any atom is -0.318 e. The fourth-order valence-electron chi connectivity index (χ4n) is 3.81. The molecule has 7 nitrogen and oxygen atoms in total. The van der Waals surface area contributed by atoms with Crippen molar-refractivity contribution in [1.82, 2.24) is 9.99 Å². The molecule has 3 rings (SSSR count). The van der Waals surface area contributed by atoms with Crippen molar-refractivity contribution in [3.05, 3.63) is 81.1 Å². The summed E-state index contributed by atoms with van der Waals surface area (Å²) in [6.07, 6.45) is 2.66. The summed E-state index contributed by atoms with van der Waals surface area (Å²) in [6, 6.07) is 15.4. The summed E-state index contributed by atoms with van der Waals surface area (Å²) in [4.78, 5) is 12.6. The van der Waals surface area contributed by atoms with Crippen LogP contribution in [0.3, 0.4) is 0 Å². The molecule has 174 valence electrons. The number of carbonyl (C=O) groups is 1. The third kappa shape index (κ3) is 5.72. The van der Waals surface area contributed by atoms with E-state index in [1.165, 1.54) is 0 Å². The van der Waals surface area contributed by atoms with Gasteiger partial charge in [-0.2, -0.15) is 5.10 Å². The van der Waals surface area contributed by atoms with Gasteiger partial charge in [-0.05, 0) is 69.2 Å². The minimum atomic E-state index is -3.66. The van der Waals surface area contributed by atoms with Crippen LogP contribution >= 0.6 is 15.9 Å². The lowest BCUT2D eigenvalue weighted by Crippen LogP contribution is -2.39. The Bertz CT molecular complexity index is 1290. The molecule has 0 unspecified atom stereocenters. The van der Waals surface area contributed by atoms with Gasteiger partial charge in [0.1, 0.15) is 6.54 Å². The number of benzene rings is 2. The van der Waals surface area contributed by atoms with E-state index in [2.05, 4.69) is 31.0 Å². The molecule has 0 spiro atoms. The van der Waals surface area contributed by atoms with Crippen LogP contribution in [0.2, 0.25) is 0 Å². The summed E-state index contributed by atoms with van der Waals surface area (Å²) in [5, 5.41) is 4.07. The quantitative estimate of drug-likeness (QED) is 0.363. The van der Waals surface area contributed by atoms with Gasteiger partial charge in [-0.15, -0.1) is 0 Å². The first kappa shape index (κ1) is 24.7. The molecule has 0 fully saturated rings. The van der Waals surface area contributed by atoms with Crippen molar-refractivity contribution in [3.63, 3.8) is 0 Å². The first-order chi connectivity index (χ1) is 15.5. The number of nitrogens with one attached hydrogen (secondary N) is 1. The van der Waals surface area contributed by atoms with Crippen molar-refractivity contribution < 1.29 is 13.2 Å². The lowest BCUT2D eigenvalue weighted by atomic mass is 10.1. The number of sulfonamides is 1. The van der Waals surface area contributed by atoms with Gasteiger partial charge in [-0.1, -0.05) is 34.1 Å². The number of aromatic nitrogens is 1. The summed E-state index contributed by atoms with van der Waals surface area (Å²) < 4.78 is 29.0. The predicted molar refractivity (Wildman–Crippen MR) is 137 cm³/mol. The van der Waals surface area contributed by atoms with Crippen LogP contribution in [0.4, 0.5) is 5.69 Å². The molecule has 0 bridgehead atoms. The highest BCUT2D eigenvalue weighted by Gasteiger charge is 2.23. The number of carbonyl (C=O) groups excluding carboxylic acids is 1. The zero-order valence-corrected chi connectivity index (χ0v) is 21.7. The second-order valence-corrected chi connectivity index (χ2v) is 10.8. The Balaban J connectivity index is 1.77. The SMILES string of the molecule is Cc1cccc(C)c1N(CC(=O)N/N=C\c1cc(C)n(-c2ccc(Br)cc2)c1C)S(C)(=O)=O. The number of hydrogen-bond acceptors (Lipinski definition) is 4. The van der Waals surface area contributed by atoms with Crippen molar-refractivity contribution in [3.8, 4) is 5.69 Å². The van der Waals surface area contributed by atoms with Gasteiger partial charge in [0, 0.05) is 27.1 Å². The van der Waals surface area contributed by atoms with E-state index in [0.717, 1.165) is 48.8 Å². The number of hydrazone groups is 1. The number of rotatable bonds is 7. The monoisotopic (exact) mass is 530 g/mol. The van der Waals surface area contributed by atoms with Crippen LogP contribution < -0.4 is 9.73 Å². The zero-order chi connectivity index (χ0) is 24.3. The molecule has 1 amide bonds. The van der Waals surface area contributed by atoms with E-state index in [9.17, 15) is 13.2 Å². The van der Waals surface area contributed by atoms with Gasteiger partial charge in [0.2, 0.25) is 10.0 Å². The first-order valence-corrected chi connectivity index (χ1v) is 12.9. The Hall–Kier alpha value is -2.91. The molecule has 0 radical (unpaired) electrons. The molecule has 1 heterocycles. The highest BCUT2D eigenvalue weighted by molar-refractivity contribution is 9.10. The number of aryl methyl sites for hydroxylation is 3. The molecule has 0 saturated heterocycles. The lowest BCUT2D eigenvalue weighted by Gasteiger charge is -2.25. The van der Waals surface area contributed by atoms with Crippen LogP contribution in [0.15, 0.2) is 58.1 Å². The van der Waals surface area contributed by atoms with Crippen molar-refractivity contribution in [1.29, 1.82) is 0 Å². The number of hydrogen-bond donors (Lipinski definition) is 1. The predicted octanol–water partition coefficient (Wildman–Crippen LogP) is 4.39. The Morgan fingerprint density at radius 2 is 1.70 bits per heavy atom. The van der Waals surface area contributed by atoms with Gasteiger partial charge >= 0.3 is 0 Å². The van der Waals surface area contributed by atoms with Crippen molar-refractivity contribution >= 4 is 43.8 Å². The van der Waals surface area contributed by atoms with Gasteiger partial charge in [-0.3, -0.25) is 9.10 Å². The molecule has 0 aliphatic heterocycles. The molecule has 1 N–H and O–H groups in total. The fourth-order valence-corrected chi connectivity index (χ4v) is 5.04. The molecule has 1 aromatic heterocycles. The van der Waals surface area contributed by atoms with Crippen LogP contribution in [0, 0.1) is 27.7 Å². The maximum absolute atomic E-state index is 12.6. The van der Waals surface area contributed by atoms with Gasteiger partial charge in [0.15, 0.2) is 0 Å². The van der Waals surface area contributed by atoms with Crippen LogP contribution in [-0.2, 0) is 14.8 Å². The number of amides is 1. The number of nitrogens with zero attached hydrogens (tertiary/aromatic N) is 3. The van der Waals surface area contributed by atoms with E-state index in [1.54, 1.807) is 6.21 Å². The highest BCUT2D eigenvalue weighted by atomic mass is 79.9. The molecule has 33 heavy (non-hydrogen) atoms. The molecular weight excluding hydrogens is 504 g/mol. The Kier molecular flexibility index (Phi) is 7.44. The first-order valence-electron chi connectivity index (χ1n) is 10.3. The van der Waals surface area contributed by atoms with Crippen molar-refractivity contribution in [2.75, 3.05) is 17.1 Å². The molecule has 3 aromatic rings. The molecule has 2 aromatic carbocycles. The summed E-state index contributed by atoms with van der Waals surface area (Å²) in [5.74, 6) is -0.527. The maximum Gasteiger partial charge on any atom is 0.260 e. The Labute approximate surface area is 203 Å². The molecular formula is C24H27BrN4O3S. The fraction of sp³-hybridized carbons (Fsp3) is 0.250. The number of anilines is 1. The molecule has 0 aliphatic carbocycles. The number of halogens is 1. The smallest absolute Gasteiger partial charge is 0.260 e. The average Bonchev–Trinajstić information content (AvgIpc) is 3.00. The third-order valence-electron chi connectivity index (χ3n) is 5.32. The lowest BCUT2D eigenvalue weighted by molar-refractivity contribution is -0.119. The van der Waals surface area contributed by atoms with E-state index < -0.39 is 15.9 Å². The molecule has 9 heteroatoms. The van der Waals surface area contributed by atoms with E-state index in [-0.39, 0.29) is 6.54 Å². The second kappa shape index (κ2) is 9.93. The van der Waals surface area contributed by atoms with E-state index in [1.807, 2.05) is 76.2 Å². The van der Waals surface area contributed by atoms with Gasteiger partial charge in [0.05, 0.1) is 18.2 Å². The second-order valence-electron chi connectivity index (χ2n) is 7.94. The van der Waals surface area contributed by atoms with Gasteiger partial charge in [0.25, 0.3) is 5.91 Å². The normalized spacial score (nSPS) is 11.7. The van der Waals surface area contributed by atoms with E-state index in [0.29, 0.717) is 5.69 Å². The summed E-state index contributed by atoms with van der Waals surface area (Å²) in [7, 11) is -3.66. The minimum absolute atomic E-state index is 0.361. The highest BCUT2D eigenvalue weighted by Crippen LogP contribution is 2.26. The number of para-hydroxylation sites is 1.